The van der Waals surface area contributed by atoms with Gasteiger partial charge in [-0.3, -0.25) is 29.8 Å². The van der Waals surface area contributed by atoms with Crippen molar-refractivity contribution < 1.29 is 33.8 Å². The summed E-state index contributed by atoms with van der Waals surface area (Å²) in [4.78, 5) is 60.4. The summed E-state index contributed by atoms with van der Waals surface area (Å²) >= 11 is 12.2. The number of carbonyl (C=O) groups excluding carboxylic acids is 4. The Morgan fingerprint density at radius 3 is 2.12 bits per heavy atom. The SMILES string of the molecule is C/C(CCCOc1cc(C)c(Cl)c(C)c1)=C(/C(=O)O)N(C)c1cccc(Cl)c1.CCN(CC)CCNCCCNc1cccc2c1C(=O)NC2=O.O=C1CCCCC(=O)N1. The molecule has 326 valence electrons. The predicted octanol–water partition coefficient (Wildman–Crippen LogP) is 7.77. The second kappa shape index (κ2) is 25.6. The molecule has 0 atom stereocenters. The molecule has 4 amide bonds. The number of carboxylic acids is 1. The van der Waals surface area contributed by atoms with Gasteiger partial charge in [-0.1, -0.05) is 49.2 Å². The summed E-state index contributed by atoms with van der Waals surface area (Å²) in [5.74, 6) is -1.08. The van der Waals surface area contributed by atoms with Crippen LogP contribution in [0.1, 0.15) is 97.6 Å². The fourth-order valence-electron chi connectivity index (χ4n) is 6.62. The summed E-state index contributed by atoms with van der Waals surface area (Å²) in [7, 11) is 1.73. The van der Waals surface area contributed by atoms with Crippen molar-refractivity contribution in [1.29, 1.82) is 0 Å². The molecule has 5 N–H and O–H groups in total. The highest BCUT2D eigenvalue weighted by atomic mass is 35.5. The van der Waals surface area contributed by atoms with Gasteiger partial charge in [0.2, 0.25) is 11.8 Å². The highest BCUT2D eigenvalue weighted by Crippen LogP contribution is 2.28. The quantitative estimate of drug-likeness (QED) is 0.0481. The van der Waals surface area contributed by atoms with Gasteiger partial charge in [-0.15, -0.1) is 0 Å². The van der Waals surface area contributed by atoms with E-state index >= 15 is 0 Å². The highest BCUT2D eigenvalue weighted by Gasteiger charge is 2.29. The molecule has 60 heavy (non-hydrogen) atoms. The number of nitrogens with one attached hydrogen (secondary N) is 4. The van der Waals surface area contributed by atoms with Crippen molar-refractivity contribution in [3.63, 3.8) is 0 Å². The monoisotopic (exact) mass is 866 g/mol. The summed E-state index contributed by atoms with van der Waals surface area (Å²) in [5.41, 5.74) is 5.36. The molecule has 1 saturated heterocycles. The fraction of sp³-hybridized carbons (Fsp3) is 0.444. The normalized spacial score (nSPS) is 13.8. The van der Waals surface area contributed by atoms with Gasteiger partial charge in [0, 0.05) is 60.9 Å². The van der Waals surface area contributed by atoms with Gasteiger partial charge >= 0.3 is 5.97 Å². The van der Waals surface area contributed by atoms with Gasteiger partial charge in [0.05, 0.1) is 17.7 Å². The molecule has 0 radical (unpaired) electrons. The maximum atomic E-state index is 11.8. The third-order valence-electron chi connectivity index (χ3n) is 9.96. The number of anilines is 2. The Morgan fingerprint density at radius 2 is 1.50 bits per heavy atom. The van der Waals surface area contributed by atoms with E-state index in [9.17, 15) is 29.1 Å². The number of nitrogens with zero attached hydrogens (tertiary/aromatic N) is 2. The minimum Gasteiger partial charge on any atom is -0.494 e. The first-order valence-corrected chi connectivity index (χ1v) is 21.2. The number of fused-ring (bicyclic) bond motifs is 1. The largest absolute Gasteiger partial charge is 0.494 e. The van der Waals surface area contributed by atoms with Crippen molar-refractivity contribution in [2.45, 2.75) is 79.6 Å². The lowest BCUT2D eigenvalue weighted by Gasteiger charge is -2.22. The number of aryl methyl sites for hydroxylation is 2. The molecule has 0 aliphatic carbocycles. The Balaban J connectivity index is 0.000000268. The van der Waals surface area contributed by atoms with E-state index in [-0.39, 0.29) is 29.3 Å². The van der Waals surface area contributed by atoms with Gasteiger partial charge in [0.15, 0.2) is 0 Å². The summed E-state index contributed by atoms with van der Waals surface area (Å²) in [6.07, 6.45) is 4.97. The number of amides is 4. The fourth-order valence-corrected chi connectivity index (χ4v) is 6.91. The summed E-state index contributed by atoms with van der Waals surface area (Å²) in [5, 5.41) is 22.3. The Labute approximate surface area is 364 Å². The maximum Gasteiger partial charge on any atom is 0.352 e. The Kier molecular flexibility index (Phi) is 21.1. The van der Waals surface area contributed by atoms with Crippen LogP contribution >= 0.6 is 23.2 Å². The van der Waals surface area contributed by atoms with Gasteiger partial charge in [0.1, 0.15) is 11.4 Å². The van der Waals surface area contributed by atoms with E-state index in [4.69, 9.17) is 27.9 Å². The molecule has 2 heterocycles. The first-order valence-electron chi connectivity index (χ1n) is 20.5. The number of hydrogen-bond donors (Lipinski definition) is 5. The number of likely N-dealkylation sites (N-methyl/N-ethyl adjacent to an activating group) is 2. The van der Waals surface area contributed by atoms with Crippen molar-refractivity contribution in [1.82, 2.24) is 20.9 Å². The van der Waals surface area contributed by atoms with E-state index in [0.29, 0.717) is 48.4 Å². The van der Waals surface area contributed by atoms with Gasteiger partial charge in [-0.25, -0.2) is 4.79 Å². The number of aliphatic carboxylic acids is 1. The third kappa shape index (κ3) is 15.9. The number of halogens is 2. The zero-order valence-electron chi connectivity index (χ0n) is 35.6. The average molecular weight is 868 g/mol. The zero-order chi connectivity index (χ0) is 44.2. The summed E-state index contributed by atoms with van der Waals surface area (Å²) in [6.45, 7) is 16.5. The molecule has 5 rings (SSSR count). The number of carbonyl (C=O) groups is 5. The maximum absolute atomic E-state index is 11.8. The van der Waals surface area contributed by atoms with Crippen LogP contribution in [-0.2, 0) is 14.4 Å². The lowest BCUT2D eigenvalue weighted by atomic mass is 10.1. The van der Waals surface area contributed by atoms with Crippen molar-refractivity contribution in [3.8, 4) is 5.75 Å². The number of hydrogen-bond acceptors (Lipinski definition) is 10. The average Bonchev–Trinajstić information content (AvgIpc) is 3.37. The second-order valence-electron chi connectivity index (χ2n) is 14.5. The summed E-state index contributed by atoms with van der Waals surface area (Å²) in [6, 6.07) is 16.3. The number of carboxylic acid groups (broad SMARTS) is 1. The van der Waals surface area contributed by atoms with Gasteiger partial charge in [-0.2, -0.15) is 0 Å². The van der Waals surface area contributed by atoms with E-state index in [1.165, 1.54) is 0 Å². The van der Waals surface area contributed by atoms with Crippen LogP contribution < -0.4 is 30.9 Å². The van der Waals surface area contributed by atoms with E-state index in [1.807, 2.05) is 45.0 Å². The predicted molar refractivity (Wildman–Crippen MR) is 239 cm³/mol. The van der Waals surface area contributed by atoms with E-state index in [1.54, 1.807) is 42.3 Å². The van der Waals surface area contributed by atoms with Gasteiger partial charge < -0.3 is 30.3 Å². The first kappa shape index (κ1) is 49.4. The van der Waals surface area contributed by atoms with Crippen LogP contribution in [-0.4, -0.2) is 92.5 Å². The molecule has 0 saturated carbocycles. The number of benzene rings is 3. The standard InChI is InChI=1S/C22H25Cl2NO3.C17H26N4O2.C6H9NO2/c1-14(7-6-10-28-19-11-15(2)20(24)16(3)12-19)21(22(26)27)25(4)18-9-5-8-17(23)13-18;1-3-21(4-2)12-11-18-9-6-10-19-14-8-5-7-13-15(14)17(23)20-16(13)22;8-5-3-1-2-4-6(9)7-5/h5,8-9,11-13H,6-7,10H2,1-4H3,(H,26,27);5,7-8,18-19H,3-4,6,9-12H2,1-2H3,(H,20,22,23);1-4H2,(H,7,8,9)/b21-14+;;. The van der Waals surface area contributed by atoms with Crippen LogP contribution in [0.5, 0.6) is 5.75 Å². The van der Waals surface area contributed by atoms with Crippen LogP contribution in [0.15, 0.2) is 65.9 Å². The van der Waals surface area contributed by atoms with Crippen LogP contribution in [0.4, 0.5) is 11.4 Å². The van der Waals surface area contributed by atoms with E-state index in [0.717, 1.165) is 97.4 Å². The topological polar surface area (TPSA) is 169 Å². The Hall–Kier alpha value is -4.95. The van der Waals surface area contributed by atoms with Gasteiger partial charge in [-0.05, 0) is 132 Å². The number of rotatable bonds is 18. The minimum atomic E-state index is -0.968. The molecule has 2 aliphatic heterocycles. The Morgan fingerprint density at radius 1 is 0.850 bits per heavy atom. The van der Waals surface area contributed by atoms with Crippen molar-refractivity contribution in [2.24, 2.45) is 0 Å². The molecule has 0 aromatic heterocycles. The first-order chi connectivity index (χ1) is 28.7. The number of ether oxygens (including phenoxy) is 1. The number of allylic oxidation sites excluding steroid dienone is 1. The molecule has 0 bridgehead atoms. The highest BCUT2D eigenvalue weighted by molar-refractivity contribution is 6.32. The molecule has 0 unspecified atom stereocenters. The van der Waals surface area contributed by atoms with Crippen LogP contribution in [0.2, 0.25) is 10.0 Å². The zero-order valence-corrected chi connectivity index (χ0v) is 37.2. The lowest BCUT2D eigenvalue weighted by Crippen LogP contribution is -2.32. The van der Waals surface area contributed by atoms with E-state index in [2.05, 4.69) is 40.0 Å². The lowest BCUT2D eigenvalue weighted by molar-refractivity contribution is -0.133. The van der Waals surface area contributed by atoms with Crippen molar-refractivity contribution in [3.05, 3.63) is 98.2 Å². The minimum absolute atomic E-state index is 0.127. The van der Waals surface area contributed by atoms with Crippen molar-refractivity contribution >= 4 is 64.2 Å². The van der Waals surface area contributed by atoms with Crippen LogP contribution in [0, 0.1) is 13.8 Å². The molecule has 13 nitrogen and oxygen atoms in total. The smallest absolute Gasteiger partial charge is 0.352 e. The van der Waals surface area contributed by atoms with Crippen LogP contribution in [0.25, 0.3) is 0 Å². The van der Waals surface area contributed by atoms with Crippen LogP contribution in [0.3, 0.4) is 0 Å². The Bertz CT molecular complexity index is 1950. The molecule has 15 heteroatoms. The molecule has 3 aromatic rings. The summed E-state index contributed by atoms with van der Waals surface area (Å²) < 4.78 is 5.81. The molecular weight excluding hydrogens is 807 g/mol. The molecule has 0 spiro atoms. The second-order valence-corrected chi connectivity index (χ2v) is 15.4. The number of imide groups is 2. The molecule has 1 fully saturated rings. The molecular formula is C45H60Cl2N6O7. The third-order valence-corrected chi connectivity index (χ3v) is 10.8. The van der Waals surface area contributed by atoms with Crippen molar-refractivity contribution in [2.75, 3.05) is 63.1 Å². The molecule has 2 aliphatic rings. The van der Waals surface area contributed by atoms with Gasteiger partial charge in [0.25, 0.3) is 11.8 Å². The molecule has 3 aromatic carbocycles. The van der Waals surface area contributed by atoms with E-state index < -0.39 is 5.97 Å².